The minimum absolute atomic E-state index is 0.0231. The fraction of sp³-hybridized carbons (Fsp3) is 0.786. The Morgan fingerprint density at radius 3 is 2.12 bits per heavy atom. The Morgan fingerprint density at radius 2 is 1.65 bits per heavy atom. The quantitative estimate of drug-likeness (QED) is 0.758. The monoisotopic (exact) mass is 234 g/mol. The molecule has 0 radical (unpaired) electrons. The van der Waals surface area contributed by atoms with Crippen molar-refractivity contribution in [3.63, 3.8) is 0 Å². The zero-order valence-corrected chi connectivity index (χ0v) is 10.5. The van der Waals surface area contributed by atoms with Crippen molar-refractivity contribution in [1.29, 1.82) is 0 Å². The van der Waals surface area contributed by atoms with Crippen LogP contribution in [0.25, 0.3) is 0 Å². The molecule has 0 aromatic carbocycles. The third-order valence-corrected chi connectivity index (χ3v) is 4.80. The summed E-state index contributed by atoms with van der Waals surface area (Å²) in [5, 5.41) is 6.03. The summed E-state index contributed by atoms with van der Waals surface area (Å²) in [5.41, 5.74) is 0.125. The number of rotatable bonds is 2. The number of carbonyl (C=O) groups excluding carboxylic acids is 1. The van der Waals surface area contributed by atoms with Crippen LogP contribution in [0.4, 0.5) is 4.79 Å². The van der Waals surface area contributed by atoms with E-state index in [0.29, 0.717) is 0 Å². The smallest absolute Gasteiger partial charge is 0.319 e. The van der Waals surface area contributed by atoms with Crippen molar-refractivity contribution in [1.82, 2.24) is 10.6 Å². The molecule has 4 rings (SSSR count). The Bertz CT molecular complexity index is 313. The SMILES string of the molecule is C/C=C/NC(=O)NC12CC3CC(CC(C3)C1)C2. The molecule has 0 heterocycles. The summed E-state index contributed by atoms with van der Waals surface area (Å²) in [6, 6.07) is -0.0231. The van der Waals surface area contributed by atoms with E-state index in [2.05, 4.69) is 10.6 Å². The molecule has 2 N–H and O–H groups in total. The molecule has 2 amide bonds. The van der Waals surface area contributed by atoms with E-state index >= 15 is 0 Å². The summed E-state index contributed by atoms with van der Waals surface area (Å²) < 4.78 is 0. The third kappa shape index (κ3) is 2.07. The number of hydrogen-bond acceptors (Lipinski definition) is 1. The Kier molecular flexibility index (Phi) is 2.64. The van der Waals surface area contributed by atoms with E-state index in [4.69, 9.17) is 0 Å². The van der Waals surface area contributed by atoms with Crippen LogP contribution >= 0.6 is 0 Å². The van der Waals surface area contributed by atoms with Crippen molar-refractivity contribution >= 4 is 6.03 Å². The van der Waals surface area contributed by atoms with Crippen molar-refractivity contribution in [3.8, 4) is 0 Å². The van der Waals surface area contributed by atoms with Gasteiger partial charge in [-0.1, -0.05) is 6.08 Å². The molecule has 3 nitrogen and oxygen atoms in total. The average molecular weight is 234 g/mol. The highest BCUT2D eigenvalue weighted by Crippen LogP contribution is 2.55. The van der Waals surface area contributed by atoms with Crippen LogP contribution in [0.2, 0.25) is 0 Å². The largest absolute Gasteiger partial charge is 0.332 e. The lowest BCUT2D eigenvalue weighted by Gasteiger charge is -2.56. The van der Waals surface area contributed by atoms with Gasteiger partial charge in [0.05, 0.1) is 0 Å². The van der Waals surface area contributed by atoms with E-state index in [9.17, 15) is 4.79 Å². The first kappa shape index (κ1) is 11.1. The molecule has 0 unspecified atom stereocenters. The van der Waals surface area contributed by atoms with E-state index in [-0.39, 0.29) is 11.6 Å². The highest BCUT2D eigenvalue weighted by molar-refractivity contribution is 5.75. The Labute approximate surface area is 103 Å². The van der Waals surface area contributed by atoms with E-state index < -0.39 is 0 Å². The second kappa shape index (κ2) is 4.04. The molecule has 0 aromatic rings. The first-order valence-electron chi connectivity index (χ1n) is 6.89. The predicted molar refractivity (Wildman–Crippen MR) is 67.4 cm³/mol. The molecule has 4 aliphatic carbocycles. The van der Waals surface area contributed by atoms with Gasteiger partial charge in [0, 0.05) is 11.7 Å². The van der Waals surface area contributed by atoms with E-state index in [0.717, 1.165) is 17.8 Å². The maximum absolute atomic E-state index is 11.8. The molecule has 4 aliphatic rings. The third-order valence-electron chi connectivity index (χ3n) is 4.80. The van der Waals surface area contributed by atoms with Crippen LogP contribution in [0, 0.1) is 17.8 Å². The highest BCUT2D eigenvalue weighted by Gasteiger charge is 2.51. The maximum Gasteiger partial charge on any atom is 0.319 e. The maximum atomic E-state index is 11.8. The summed E-state index contributed by atoms with van der Waals surface area (Å²) in [6.45, 7) is 1.91. The second-order valence-corrected chi connectivity index (χ2v) is 6.30. The first-order valence-corrected chi connectivity index (χ1v) is 6.89. The molecule has 3 heteroatoms. The van der Waals surface area contributed by atoms with Crippen LogP contribution in [0.1, 0.15) is 45.4 Å². The van der Waals surface area contributed by atoms with Crippen LogP contribution in [0.15, 0.2) is 12.3 Å². The molecule has 0 saturated heterocycles. The zero-order chi connectivity index (χ0) is 11.9. The van der Waals surface area contributed by atoms with Crippen LogP contribution in [0.3, 0.4) is 0 Å². The molecule has 0 aromatic heterocycles. The van der Waals surface area contributed by atoms with Crippen LogP contribution in [-0.2, 0) is 0 Å². The van der Waals surface area contributed by atoms with Gasteiger partial charge in [-0.2, -0.15) is 0 Å². The van der Waals surface area contributed by atoms with E-state index in [1.165, 1.54) is 38.5 Å². The summed E-state index contributed by atoms with van der Waals surface area (Å²) >= 11 is 0. The normalized spacial score (nSPS) is 43.0. The first-order chi connectivity index (χ1) is 8.19. The second-order valence-electron chi connectivity index (χ2n) is 6.30. The molecule has 4 bridgehead atoms. The molecule has 0 aliphatic heterocycles. The Morgan fingerprint density at radius 1 is 1.12 bits per heavy atom. The Hall–Kier alpha value is -0.990. The van der Waals surface area contributed by atoms with Gasteiger partial charge in [0.25, 0.3) is 0 Å². The Balaban J connectivity index is 1.67. The van der Waals surface area contributed by atoms with Gasteiger partial charge < -0.3 is 10.6 Å². The van der Waals surface area contributed by atoms with E-state index in [1.54, 1.807) is 6.20 Å². The van der Waals surface area contributed by atoms with Gasteiger partial charge in [0.2, 0.25) is 0 Å². The minimum Gasteiger partial charge on any atom is -0.332 e. The standard InChI is InChI=1S/C14H22N2O/c1-2-3-15-13(17)16-14-7-10-4-11(8-14)6-12(5-10)9-14/h2-3,10-12H,4-9H2,1H3,(H2,15,16,17)/b3-2+. The lowest BCUT2D eigenvalue weighted by atomic mass is 9.53. The van der Waals surface area contributed by atoms with Crippen LogP contribution in [0.5, 0.6) is 0 Å². The highest BCUT2D eigenvalue weighted by atomic mass is 16.2. The van der Waals surface area contributed by atoms with Gasteiger partial charge in [-0.25, -0.2) is 4.79 Å². The van der Waals surface area contributed by atoms with Gasteiger partial charge in [-0.15, -0.1) is 0 Å². The van der Waals surface area contributed by atoms with Gasteiger partial charge in [-0.05, 0) is 63.2 Å². The van der Waals surface area contributed by atoms with Crippen LogP contribution < -0.4 is 10.6 Å². The van der Waals surface area contributed by atoms with Crippen molar-refractivity contribution in [2.75, 3.05) is 0 Å². The van der Waals surface area contributed by atoms with Gasteiger partial charge in [0.15, 0.2) is 0 Å². The number of amides is 2. The van der Waals surface area contributed by atoms with Gasteiger partial charge in [0.1, 0.15) is 0 Å². The number of nitrogens with one attached hydrogen (secondary N) is 2. The average Bonchev–Trinajstić information content (AvgIpc) is 2.23. The fourth-order valence-electron chi connectivity index (χ4n) is 4.70. The number of carbonyl (C=O) groups is 1. The topological polar surface area (TPSA) is 41.1 Å². The minimum atomic E-state index is -0.0231. The molecule has 4 fully saturated rings. The summed E-state index contributed by atoms with van der Waals surface area (Å²) in [4.78, 5) is 11.8. The fourth-order valence-corrected chi connectivity index (χ4v) is 4.70. The van der Waals surface area contributed by atoms with E-state index in [1.807, 2.05) is 13.0 Å². The molecular weight excluding hydrogens is 212 g/mol. The lowest BCUT2D eigenvalue weighted by Crippen LogP contribution is -2.61. The molecular formula is C14H22N2O. The van der Waals surface area contributed by atoms with Crippen molar-refractivity contribution in [2.24, 2.45) is 17.8 Å². The van der Waals surface area contributed by atoms with Crippen molar-refractivity contribution < 1.29 is 4.79 Å². The number of allylic oxidation sites excluding steroid dienone is 1. The molecule has 0 atom stereocenters. The summed E-state index contributed by atoms with van der Waals surface area (Å²) in [5.74, 6) is 2.63. The lowest BCUT2D eigenvalue weighted by molar-refractivity contribution is -0.0133. The van der Waals surface area contributed by atoms with Crippen LogP contribution in [-0.4, -0.2) is 11.6 Å². The molecule has 0 spiro atoms. The molecule has 4 saturated carbocycles. The van der Waals surface area contributed by atoms with Gasteiger partial charge >= 0.3 is 6.03 Å². The van der Waals surface area contributed by atoms with Crippen molar-refractivity contribution in [2.45, 2.75) is 51.0 Å². The summed E-state index contributed by atoms with van der Waals surface area (Å²) in [6.07, 6.45) is 11.4. The van der Waals surface area contributed by atoms with Gasteiger partial charge in [-0.3, -0.25) is 0 Å². The number of urea groups is 1. The molecule has 94 valence electrons. The predicted octanol–water partition coefficient (Wildman–Crippen LogP) is 2.79. The van der Waals surface area contributed by atoms with Crippen molar-refractivity contribution in [3.05, 3.63) is 12.3 Å². The zero-order valence-electron chi connectivity index (χ0n) is 10.5. The summed E-state index contributed by atoms with van der Waals surface area (Å²) in [7, 11) is 0. The number of hydrogen-bond donors (Lipinski definition) is 2. The molecule has 17 heavy (non-hydrogen) atoms.